The molecule has 0 aliphatic carbocycles. The first-order valence-electron chi connectivity index (χ1n) is 5.68. The molecule has 0 spiro atoms. The zero-order chi connectivity index (χ0) is 11.4. The van der Waals surface area contributed by atoms with Crippen molar-refractivity contribution in [2.75, 3.05) is 25.0 Å². The van der Waals surface area contributed by atoms with Crippen LogP contribution >= 0.6 is 22.6 Å². The Balaban J connectivity index is 2.04. The van der Waals surface area contributed by atoms with Crippen LogP contribution in [0.5, 0.6) is 0 Å². The zero-order valence-corrected chi connectivity index (χ0v) is 11.6. The first-order chi connectivity index (χ1) is 7.77. The van der Waals surface area contributed by atoms with E-state index in [2.05, 4.69) is 49.8 Å². The normalized spacial score (nSPS) is 21.5. The van der Waals surface area contributed by atoms with Crippen molar-refractivity contribution in [3.8, 4) is 0 Å². The molecule has 1 saturated heterocycles. The van der Waals surface area contributed by atoms with E-state index in [4.69, 9.17) is 0 Å². The molecule has 0 saturated carbocycles. The van der Waals surface area contributed by atoms with Crippen LogP contribution < -0.4 is 10.2 Å². The van der Waals surface area contributed by atoms with E-state index >= 15 is 0 Å². The van der Waals surface area contributed by atoms with E-state index in [0.29, 0.717) is 6.04 Å². The van der Waals surface area contributed by atoms with Crippen molar-refractivity contribution in [3.05, 3.63) is 16.0 Å². The number of hydrogen-bond acceptors (Lipinski definition) is 4. The van der Waals surface area contributed by atoms with Gasteiger partial charge in [0.25, 0.3) is 0 Å². The molecule has 1 fully saturated rings. The van der Waals surface area contributed by atoms with Gasteiger partial charge in [-0.15, -0.1) is 0 Å². The molecular formula is C11H17IN4. The third-order valence-corrected chi connectivity index (χ3v) is 3.57. The van der Waals surface area contributed by atoms with Gasteiger partial charge >= 0.3 is 0 Å². The second-order valence-electron chi connectivity index (χ2n) is 4.15. The van der Waals surface area contributed by atoms with Gasteiger partial charge in [-0.1, -0.05) is 0 Å². The van der Waals surface area contributed by atoms with E-state index < -0.39 is 0 Å². The lowest BCUT2D eigenvalue weighted by atomic mass is 10.1. The second-order valence-corrected chi connectivity index (χ2v) is 5.39. The summed E-state index contributed by atoms with van der Waals surface area (Å²) in [4.78, 5) is 11.0. The molecule has 0 aromatic carbocycles. The molecule has 0 bridgehead atoms. The maximum absolute atomic E-state index is 4.37. The van der Waals surface area contributed by atoms with Crippen LogP contribution in [0.3, 0.4) is 0 Å². The molecule has 16 heavy (non-hydrogen) atoms. The Morgan fingerprint density at radius 3 is 2.81 bits per heavy atom. The molecule has 1 aliphatic heterocycles. The summed E-state index contributed by atoms with van der Waals surface area (Å²) in [5.74, 6) is 0.840. The number of hydrogen-bond donors (Lipinski definition) is 1. The monoisotopic (exact) mass is 332 g/mol. The summed E-state index contributed by atoms with van der Waals surface area (Å²) < 4.78 is 1.08. The number of anilines is 1. The fourth-order valence-corrected chi connectivity index (χ4v) is 2.32. The number of nitrogens with zero attached hydrogens (tertiary/aromatic N) is 3. The Labute approximate surface area is 110 Å². The summed E-state index contributed by atoms with van der Waals surface area (Å²) >= 11 is 2.23. The molecule has 0 amide bonds. The summed E-state index contributed by atoms with van der Waals surface area (Å²) in [5, 5.41) is 3.42. The Hall–Kier alpha value is -0.430. The van der Waals surface area contributed by atoms with Crippen LogP contribution in [0.1, 0.15) is 19.3 Å². The first-order valence-corrected chi connectivity index (χ1v) is 6.76. The van der Waals surface area contributed by atoms with E-state index in [1.165, 1.54) is 19.3 Å². The van der Waals surface area contributed by atoms with Gasteiger partial charge in [0, 0.05) is 29.1 Å². The van der Waals surface area contributed by atoms with E-state index in [1.807, 2.05) is 12.4 Å². The molecule has 2 heterocycles. The van der Waals surface area contributed by atoms with Crippen LogP contribution in [-0.2, 0) is 0 Å². The van der Waals surface area contributed by atoms with E-state index in [9.17, 15) is 0 Å². The first kappa shape index (κ1) is 12.0. The summed E-state index contributed by atoms with van der Waals surface area (Å²) in [7, 11) is 2.10. The average molecular weight is 332 g/mol. The molecule has 1 atom stereocenters. The van der Waals surface area contributed by atoms with Gasteiger partial charge in [0.15, 0.2) is 0 Å². The molecule has 1 aliphatic rings. The number of nitrogens with one attached hydrogen (secondary N) is 1. The lowest BCUT2D eigenvalue weighted by Crippen LogP contribution is -2.33. The topological polar surface area (TPSA) is 41.1 Å². The quantitative estimate of drug-likeness (QED) is 0.837. The molecule has 1 unspecified atom stereocenters. The Bertz CT molecular complexity index is 319. The third-order valence-electron chi connectivity index (χ3n) is 3.02. The Morgan fingerprint density at radius 2 is 2.06 bits per heavy atom. The maximum Gasteiger partial charge on any atom is 0.225 e. The van der Waals surface area contributed by atoms with Crippen molar-refractivity contribution in [1.29, 1.82) is 0 Å². The van der Waals surface area contributed by atoms with Crippen LogP contribution in [0.2, 0.25) is 0 Å². The highest BCUT2D eigenvalue weighted by atomic mass is 127. The van der Waals surface area contributed by atoms with Crippen molar-refractivity contribution < 1.29 is 0 Å². The minimum absolute atomic E-state index is 0.565. The molecule has 0 radical (unpaired) electrons. The second kappa shape index (κ2) is 5.77. The largest absolute Gasteiger partial charge is 0.341 e. The van der Waals surface area contributed by atoms with E-state index in [0.717, 1.165) is 22.6 Å². The summed E-state index contributed by atoms with van der Waals surface area (Å²) in [6.45, 7) is 2.23. The minimum Gasteiger partial charge on any atom is -0.341 e. The minimum atomic E-state index is 0.565. The fourth-order valence-electron chi connectivity index (χ4n) is 2.04. The predicted octanol–water partition coefficient (Wildman–Crippen LogP) is 1.66. The Kier molecular flexibility index (Phi) is 4.34. The van der Waals surface area contributed by atoms with E-state index in [1.54, 1.807) is 0 Å². The van der Waals surface area contributed by atoms with Gasteiger partial charge in [-0.3, -0.25) is 0 Å². The van der Waals surface area contributed by atoms with Gasteiger partial charge in [0.05, 0.1) is 0 Å². The molecule has 1 aromatic rings. The highest BCUT2D eigenvalue weighted by Gasteiger charge is 2.18. The van der Waals surface area contributed by atoms with Crippen LogP contribution in [-0.4, -0.2) is 36.1 Å². The number of aromatic nitrogens is 2. The number of rotatable bonds is 2. The van der Waals surface area contributed by atoms with Crippen molar-refractivity contribution >= 4 is 28.5 Å². The van der Waals surface area contributed by atoms with Gasteiger partial charge in [0.2, 0.25) is 5.95 Å². The highest BCUT2D eigenvalue weighted by Crippen LogP contribution is 2.16. The third kappa shape index (κ3) is 3.04. The molecular weight excluding hydrogens is 315 g/mol. The standard InChI is InChI=1S/C11H17IN4/c1-16(10-3-2-5-13-6-4-10)11-14-7-9(12)8-15-11/h7-8,10,13H,2-6H2,1H3. The van der Waals surface area contributed by atoms with Gasteiger partial charge in [-0.2, -0.15) is 0 Å². The molecule has 1 N–H and O–H groups in total. The van der Waals surface area contributed by atoms with Gasteiger partial charge < -0.3 is 10.2 Å². The fraction of sp³-hybridized carbons (Fsp3) is 0.636. The van der Waals surface area contributed by atoms with Gasteiger partial charge in [-0.25, -0.2) is 9.97 Å². The van der Waals surface area contributed by atoms with Crippen LogP contribution in [0.25, 0.3) is 0 Å². The molecule has 4 nitrogen and oxygen atoms in total. The van der Waals surface area contributed by atoms with Gasteiger partial charge in [-0.05, 0) is 54.9 Å². The van der Waals surface area contributed by atoms with Crippen LogP contribution in [0.15, 0.2) is 12.4 Å². The van der Waals surface area contributed by atoms with Crippen molar-refractivity contribution in [1.82, 2.24) is 15.3 Å². The smallest absolute Gasteiger partial charge is 0.225 e. The summed E-state index contributed by atoms with van der Waals surface area (Å²) in [5.41, 5.74) is 0. The summed E-state index contributed by atoms with van der Waals surface area (Å²) in [6.07, 6.45) is 7.37. The van der Waals surface area contributed by atoms with Crippen LogP contribution in [0.4, 0.5) is 5.95 Å². The average Bonchev–Trinajstić information content (AvgIpc) is 2.57. The molecule has 88 valence electrons. The van der Waals surface area contributed by atoms with Crippen molar-refractivity contribution in [3.63, 3.8) is 0 Å². The highest BCUT2D eigenvalue weighted by molar-refractivity contribution is 14.1. The molecule has 2 rings (SSSR count). The van der Waals surface area contributed by atoms with Gasteiger partial charge in [0.1, 0.15) is 0 Å². The van der Waals surface area contributed by atoms with Crippen molar-refractivity contribution in [2.45, 2.75) is 25.3 Å². The maximum atomic E-state index is 4.37. The molecule has 5 heteroatoms. The summed E-state index contributed by atoms with van der Waals surface area (Å²) in [6, 6.07) is 0.565. The zero-order valence-electron chi connectivity index (χ0n) is 9.49. The Morgan fingerprint density at radius 1 is 1.31 bits per heavy atom. The predicted molar refractivity (Wildman–Crippen MR) is 73.7 cm³/mol. The van der Waals surface area contributed by atoms with E-state index in [-0.39, 0.29) is 0 Å². The lowest BCUT2D eigenvalue weighted by Gasteiger charge is -2.26. The van der Waals surface area contributed by atoms with Crippen LogP contribution in [0, 0.1) is 3.57 Å². The molecule has 1 aromatic heterocycles. The lowest BCUT2D eigenvalue weighted by molar-refractivity contribution is 0.557. The number of halogens is 1. The SMILES string of the molecule is CN(c1ncc(I)cn1)C1CCCNCC1. The van der Waals surface area contributed by atoms with Crippen molar-refractivity contribution in [2.24, 2.45) is 0 Å².